The standard InChI is InChI=1S/2C37H81Si3.Lu/c2*1-10-19-28-38(29-20-11-2,30-21-12-3)37(39(31-22-13-4,32-23-14-5)33-24-15-6)40(34-25-16-7,35-26-17-8)36-27-18-9;/h2*10-36H2,1-9H3;/q;;+1. The maximum atomic E-state index is 2.70. The molecule has 0 spiro atoms. The van der Waals surface area contributed by atoms with E-state index in [4.69, 9.17) is 0 Å². The summed E-state index contributed by atoms with van der Waals surface area (Å²) < 4.78 is 1.56. The van der Waals surface area contributed by atoms with Crippen LogP contribution in [0.2, 0.25) is 110 Å². The van der Waals surface area contributed by atoms with E-state index in [9.17, 15) is 0 Å². The van der Waals surface area contributed by atoms with Gasteiger partial charge in [-0.1, -0.05) is 0 Å². The number of hydrogen-bond acceptors (Lipinski definition) is 0. The Morgan fingerprint density at radius 2 is 0.222 bits per heavy atom. The molecule has 0 atom stereocenters. The van der Waals surface area contributed by atoms with E-state index in [1.54, 1.807) is 224 Å². The van der Waals surface area contributed by atoms with Crippen LogP contribution in [-0.2, 0) is 0 Å². The molecule has 0 amide bonds. The Morgan fingerprint density at radius 3 is 0.284 bits per heavy atom. The van der Waals surface area contributed by atoms with E-state index in [0.29, 0.717) is 0 Å². The van der Waals surface area contributed by atoms with Gasteiger partial charge < -0.3 is 0 Å². The van der Waals surface area contributed by atoms with Crippen molar-refractivity contribution in [3.05, 3.63) is 0 Å². The average molecular weight is 1400 g/mol. The van der Waals surface area contributed by atoms with Crippen LogP contribution in [0.25, 0.3) is 0 Å². The van der Waals surface area contributed by atoms with Gasteiger partial charge in [0.15, 0.2) is 0 Å². The summed E-state index contributed by atoms with van der Waals surface area (Å²) in [5.41, 5.74) is 0. The third-order valence-corrected chi connectivity index (χ3v) is 93.0. The van der Waals surface area contributed by atoms with Gasteiger partial charge in [-0.05, 0) is 0 Å². The Hall–Kier alpha value is 2.54. The van der Waals surface area contributed by atoms with Crippen molar-refractivity contribution in [1.29, 1.82) is 0 Å². The molecule has 0 radical (unpaired) electrons. The fourth-order valence-corrected chi connectivity index (χ4v) is 117. The van der Waals surface area contributed by atoms with Gasteiger partial charge in [0, 0.05) is 0 Å². The van der Waals surface area contributed by atoms with Crippen LogP contribution in [0.5, 0.6) is 0 Å². The third-order valence-electron chi connectivity index (χ3n) is 22.4. The van der Waals surface area contributed by atoms with E-state index in [2.05, 4.69) is 125 Å². The third kappa shape index (κ3) is 23.0. The van der Waals surface area contributed by atoms with Gasteiger partial charge in [0.2, 0.25) is 0 Å². The van der Waals surface area contributed by atoms with Gasteiger partial charge in [0.05, 0.1) is 0 Å². The fourth-order valence-electron chi connectivity index (χ4n) is 18.3. The summed E-state index contributed by atoms with van der Waals surface area (Å²) in [6.45, 7) is 48.7. The molecule has 0 heterocycles. The van der Waals surface area contributed by atoms with Gasteiger partial charge in [-0.15, -0.1) is 0 Å². The van der Waals surface area contributed by atoms with Crippen LogP contribution in [0.4, 0.5) is 0 Å². The van der Waals surface area contributed by atoms with Crippen molar-refractivity contribution < 1.29 is 33.0 Å². The van der Waals surface area contributed by atoms with Gasteiger partial charge in [0.25, 0.3) is 0 Å². The number of unbranched alkanes of at least 4 members (excludes halogenated alkanes) is 18. The Kier molecular flexibility index (Phi) is 50.8. The van der Waals surface area contributed by atoms with E-state index in [1.165, 1.54) is 149 Å². The van der Waals surface area contributed by atoms with Crippen LogP contribution in [0, 0.1) is 33.0 Å². The van der Waals surface area contributed by atoms with Crippen molar-refractivity contribution in [1.82, 2.24) is 0 Å². The first kappa shape index (κ1) is 83.5. The normalized spacial score (nSPS) is 13.6. The number of hydrogen-bond donors (Lipinski definition) is 0. The molecule has 0 bridgehead atoms. The summed E-state index contributed by atoms with van der Waals surface area (Å²) in [4.78, 5) is 0. The van der Waals surface area contributed by atoms with Crippen molar-refractivity contribution in [2.75, 3.05) is 0 Å². The zero-order chi connectivity index (χ0) is 60.9. The molecule has 0 saturated carbocycles. The van der Waals surface area contributed by atoms with Gasteiger partial charge in [-0.25, -0.2) is 0 Å². The summed E-state index contributed by atoms with van der Waals surface area (Å²) in [5, 5.41) is 0. The fraction of sp³-hybridized carbons (Fsp3) is 1.00. The van der Waals surface area contributed by atoms with E-state index in [-0.39, 0.29) is 0 Å². The predicted molar refractivity (Wildman–Crippen MR) is 395 cm³/mol. The molecule has 81 heavy (non-hydrogen) atoms. The summed E-state index contributed by atoms with van der Waals surface area (Å²) in [5.74, 6) is 0. The summed E-state index contributed by atoms with van der Waals surface area (Å²) in [7, 11) is -12.8. The maximum absolute atomic E-state index is 2.70. The second-order valence-corrected chi connectivity index (χ2v) is 67.8. The molecule has 0 aliphatic rings. The Bertz CT molecular complexity index is 1010. The van der Waals surface area contributed by atoms with Crippen LogP contribution < -0.4 is 0 Å². The summed E-state index contributed by atoms with van der Waals surface area (Å²) in [6.07, 6.45) is 54.6. The van der Waals surface area contributed by atoms with Crippen LogP contribution in [-0.4, -0.2) is 48.4 Å². The quantitative estimate of drug-likeness (QED) is 0.0533. The predicted octanol–water partition coefficient (Wildman–Crippen LogP) is 29.7. The molecule has 7 heteroatoms. The molecule has 0 fully saturated rings. The van der Waals surface area contributed by atoms with Gasteiger partial charge >= 0.3 is 547 Å². The van der Waals surface area contributed by atoms with Crippen molar-refractivity contribution in [3.8, 4) is 0 Å². The first-order chi connectivity index (χ1) is 39.3. The van der Waals surface area contributed by atoms with Crippen molar-refractivity contribution in [2.24, 2.45) is 0 Å². The molecular formula is C74H162LuSi6+. The van der Waals surface area contributed by atoms with E-state index < -0.39 is 48.4 Å². The van der Waals surface area contributed by atoms with Gasteiger partial charge in [0.1, 0.15) is 0 Å². The van der Waals surface area contributed by atoms with E-state index in [1.807, 2.05) is 0 Å². The van der Waals surface area contributed by atoms with Crippen molar-refractivity contribution in [2.45, 2.75) is 466 Å². The van der Waals surface area contributed by atoms with E-state index in [0.717, 1.165) is 1.01 Å². The van der Waals surface area contributed by atoms with Crippen LogP contribution >= 0.6 is 0 Å². The van der Waals surface area contributed by atoms with Crippen LogP contribution in [0.1, 0.15) is 356 Å². The van der Waals surface area contributed by atoms with Crippen LogP contribution in [0.3, 0.4) is 0 Å². The molecule has 0 rings (SSSR count). The molecule has 0 saturated heterocycles. The summed E-state index contributed by atoms with van der Waals surface area (Å²) in [6, 6.07) is 31.8. The SMILES string of the molecule is CCCC[Si](CCCC)(CCCC)[C]([Lu+][C]([Si](CCCC)(CCCC)CCCC)([Si](CCCC)(CCCC)CCCC)[Si](CCCC)(CCCC)CCCC)([Si](CCCC)(CCCC)CCCC)[Si](CCCC)(CCCC)CCCC. The van der Waals surface area contributed by atoms with Crippen molar-refractivity contribution >= 4 is 48.4 Å². The van der Waals surface area contributed by atoms with Gasteiger partial charge in [-0.3, -0.25) is 0 Å². The minimum absolute atomic E-state index is 0.778. The molecule has 0 aliphatic heterocycles. The Balaban J connectivity index is 12.7. The summed E-state index contributed by atoms with van der Waals surface area (Å²) >= 11 is 1.17. The molecule has 0 aromatic rings. The first-order valence-electron chi connectivity index (χ1n) is 38.9. The molecule has 0 aliphatic carbocycles. The van der Waals surface area contributed by atoms with Gasteiger partial charge in [-0.2, -0.15) is 0 Å². The Labute approximate surface area is 542 Å². The second-order valence-electron chi connectivity index (χ2n) is 28.7. The van der Waals surface area contributed by atoms with E-state index >= 15 is 0 Å². The number of rotatable bonds is 62. The molecule has 0 N–H and O–H groups in total. The molecular weight excluding hydrogens is 1230 g/mol. The Morgan fingerprint density at radius 1 is 0.148 bits per heavy atom. The van der Waals surface area contributed by atoms with Crippen molar-refractivity contribution in [3.63, 3.8) is 0 Å². The average Bonchev–Trinajstić information content (AvgIpc) is 3.50. The first-order valence-corrected chi connectivity index (χ1v) is 56.2. The zero-order valence-corrected chi connectivity index (χ0v) is 68.1. The minimum atomic E-state index is -2.13. The molecule has 496 valence electrons. The molecule has 0 aromatic heterocycles. The molecule has 0 unspecified atom stereocenters. The second kappa shape index (κ2) is 49.3. The monoisotopic (exact) mass is 1390 g/mol. The topological polar surface area (TPSA) is 0 Å². The molecule has 0 aromatic carbocycles. The zero-order valence-electron chi connectivity index (χ0n) is 60.4. The molecule has 0 nitrogen and oxygen atoms in total. The van der Waals surface area contributed by atoms with Crippen LogP contribution in [0.15, 0.2) is 0 Å².